The average molecular weight is 806 g/mol. The molecule has 7 aromatic carbocycles. The highest BCUT2D eigenvalue weighted by Gasteiger charge is 2.19. The molecule has 6 aromatic heterocycles. The average Bonchev–Trinajstić information content (AvgIpc) is 4.01. The van der Waals surface area contributed by atoms with E-state index in [4.69, 9.17) is 14.4 Å². The summed E-state index contributed by atoms with van der Waals surface area (Å²) in [6.45, 7) is 0. The van der Waals surface area contributed by atoms with E-state index in [2.05, 4.69) is 202 Å². The maximum Gasteiger partial charge on any atom is 0.138 e. The molecule has 0 aliphatic carbocycles. The molecule has 0 bridgehead atoms. The van der Waals surface area contributed by atoms with Gasteiger partial charge in [0, 0.05) is 67.1 Å². The maximum absolute atomic E-state index is 6.17. The largest absolute Gasteiger partial charge is 0.456 e. The molecule has 0 aliphatic heterocycles. The van der Waals surface area contributed by atoms with Gasteiger partial charge in [-0.2, -0.15) is 0 Å². The number of rotatable bonds is 6. The van der Waals surface area contributed by atoms with E-state index in [0.717, 1.165) is 111 Å². The summed E-state index contributed by atoms with van der Waals surface area (Å²) in [5.74, 6) is 0.872. The molecule has 0 unspecified atom stereocenters. The second-order valence-electron chi connectivity index (χ2n) is 16.1. The Morgan fingerprint density at radius 2 is 0.984 bits per heavy atom. The van der Waals surface area contributed by atoms with Gasteiger partial charge >= 0.3 is 0 Å². The molecule has 0 radical (unpaired) electrons. The number of para-hydroxylation sites is 2. The van der Waals surface area contributed by atoms with Crippen LogP contribution in [0.1, 0.15) is 0 Å². The zero-order valence-electron chi connectivity index (χ0n) is 33.9. The normalized spacial score (nSPS) is 11.8. The van der Waals surface area contributed by atoms with Gasteiger partial charge < -0.3 is 8.98 Å². The highest BCUT2D eigenvalue weighted by molar-refractivity contribution is 6.12. The van der Waals surface area contributed by atoms with Crippen LogP contribution in [0.15, 0.2) is 217 Å². The first-order chi connectivity index (χ1) is 31.2. The Kier molecular flexibility index (Phi) is 7.80. The number of furan rings is 1. The highest BCUT2D eigenvalue weighted by Crippen LogP contribution is 2.39. The quantitative estimate of drug-likeness (QED) is 0.168. The third kappa shape index (κ3) is 5.69. The Hall–Kier alpha value is -8.61. The summed E-state index contributed by atoms with van der Waals surface area (Å²) in [5.41, 5.74) is 15.4. The smallest absolute Gasteiger partial charge is 0.138 e. The van der Waals surface area contributed by atoms with Gasteiger partial charge in [-0.15, -0.1) is 0 Å². The Bertz CT molecular complexity index is 3860. The lowest BCUT2D eigenvalue weighted by Gasteiger charge is -2.13. The molecular formula is C57H35N5O. The van der Waals surface area contributed by atoms with Crippen LogP contribution in [0.5, 0.6) is 0 Å². The van der Waals surface area contributed by atoms with Gasteiger partial charge in [0.2, 0.25) is 0 Å². The molecule has 0 atom stereocenters. The first-order valence-corrected chi connectivity index (χ1v) is 21.2. The molecule has 0 spiro atoms. The second kappa shape index (κ2) is 14.0. The molecule has 6 nitrogen and oxygen atoms in total. The Labute approximate surface area is 361 Å². The van der Waals surface area contributed by atoms with E-state index in [1.807, 2.05) is 18.3 Å². The molecule has 0 amide bonds. The summed E-state index contributed by atoms with van der Waals surface area (Å²) in [7, 11) is 0. The van der Waals surface area contributed by atoms with Crippen molar-refractivity contribution in [2.45, 2.75) is 0 Å². The second-order valence-corrected chi connectivity index (χ2v) is 16.1. The fourth-order valence-corrected chi connectivity index (χ4v) is 9.48. The van der Waals surface area contributed by atoms with Crippen LogP contribution in [-0.4, -0.2) is 24.1 Å². The molecule has 63 heavy (non-hydrogen) atoms. The van der Waals surface area contributed by atoms with Crippen molar-refractivity contribution < 1.29 is 4.42 Å². The lowest BCUT2D eigenvalue weighted by atomic mass is 10.0. The predicted octanol–water partition coefficient (Wildman–Crippen LogP) is 14.6. The van der Waals surface area contributed by atoms with E-state index in [0.29, 0.717) is 0 Å². The van der Waals surface area contributed by atoms with Crippen molar-refractivity contribution in [2.75, 3.05) is 0 Å². The first kappa shape index (κ1) is 35.2. The van der Waals surface area contributed by atoms with Crippen molar-refractivity contribution in [1.29, 1.82) is 0 Å². The minimum Gasteiger partial charge on any atom is -0.456 e. The van der Waals surface area contributed by atoms with Gasteiger partial charge in [0.15, 0.2) is 0 Å². The monoisotopic (exact) mass is 805 g/mol. The lowest BCUT2D eigenvalue weighted by molar-refractivity contribution is 0.668. The molecule has 0 saturated carbocycles. The van der Waals surface area contributed by atoms with Crippen LogP contribution in [0.25, 0.3) is 122 Å². The van der Waals surface area contributed by atoms with Crippen LogP contribution < -0.4 is 0 Å². The maximum atomic E-state index is 6.17. The molecule has 0 saturated heterocycles. The van der Waals surface area contributed by atoms with Crippen molar-refractivity contribution >= 4 is 65.6 Å². The van der Waals surface area contributed by atoms with Crippen LogP contribution in [0.3, 0.4) is 0 Å². The summed E-state index contributed by atoms with van der Waals surface area (Å²) in [6.07, 6.45) is 3.65. The Morgan fingerprint density at radius 1 is 0.333 bits per heavy atom. The van der Waals surface area contributed by atoms with Gasteiger partial charge in [-0.25, -0.2) is 9.97 Å². The zero-order valence-corrected chi connectivity index (χ0v) is 33.9. The first-order valence-electron chi connectivity index (χ1n) is 21.2. The van der Waals surface area contributed by atoms with E-state index in [1.54, 1.807) is 6.20 Å². The fourth-order valence-electron chi connectivity index (χ4n) is 9.48. The SMILES string of the molecule is c1ccc(-c2cc(-c3ccccc3)nc(-n3c4ccccc4c4cc(-c5cccc(-c6ccc7c8ccccc8n(-c8ccc9oc%10ccncc%10c9c8)c7c6)n5)ccc43)c2)cc1. The number of pyridine rings is 3. The summed E-state index contributed by atoms with van der Waals surface area (Å²) < 4.78 is 10.8. The number of aromatic nitrogens is 5. The summed E-state index contributed by atoms with van der Waals surface area (Å²) in [5, 5.41) is 6.74. The fraction of sp³-hybridized carbons (Fsp3) is 0. The molecular weight excluding hydrogens is 771 g/mol. The van der Waals surface area contributed by atoms with Crippen molar-refractivity contribution in [3.8, 4) is 56.4 Å². The van der Waals surface area contributed by atoms with Crippen LogP contribution in [0, 0.1) is 0 Å². The van der Waals surface area contributed by atoms with Crippen molar-refractivity contribution in [3.63, 3.8) is 0 Å². The van der Waals surface area contributed by atoms with Gasteiger partial charge in [-0.3, -0.25) is 9.55 Å². The van der Waals surface area contributed by atoms with E-state index in [1.165, 1.54) is 10.8 Å². The molecule has 13 rings (SSSR count). The molecule has 6 heteroatoms. The molecule has 0 N–H and O–H groups in total. The number of hydrogen-bond donors (Lipinski definition) is 0. The molecule has 0 aliphatic rings. The topological polar surface area (TPSA) is 61.7 Å². The van der Waals surface area contributed by atoms with Crippen LogP contribution in [0.2, 0.25) is 0 Å². The predicted molar refractivity (Wildman–Crippen MR) is 258 cm³/mol. The minimum atomic E-state index is 0.834. The summed E-state index contributed by atoms with van der Waals surface area (Å²) in [6, 6.07) is 70.7. The molecule has 13 aromatic rings. The highest BCUT2D eigenvalue weighted by atomic mass is 16.3. The van der Waals surface area contributed by atoms with Gasteiger partial charge in [-0.05, 0) is 90.0 Å². The zero-order chi connectivity index (χ0) is 41.4. The number of nitrogens with zero attached hydrogens (tertiary/aromatic N) is 5. The Balaban J connectivity index is 0.937. The Morgan fingerprint density at radius 3 is 1.79 bits per heavy atom. The number of fused-ring (bicyclic) bond motifs is 9. The van der Waals surface area contributed by atoms with Gasteiger partial charge in [0.25, 0.3) is 0 Å². The molecule has 6 heterocycles. The van der Waals surface area contributed by atoms with Crippen molar-refractivity contribution in [2.24, 2.45) is 0 Å². The number of hydrogen-bond acceptors (Lipinski definition) is 4. The standard InChI is InChI=1S/C57H35N5O/c1-3-12-36(13-4-1)40-31-50(37-14-5-2-6-15-37)60-57(33-40)62-52-21-10-8-17-43(52)45-30-38(23-26-53(45)62)48-18-11-19-49(59-48)39-22-25-44-42-16-7-9-20-51(42)61(54(44)32-39)41-24-27-55-46(34-41)47-35-58-29-28-56(47)63-55/h1-35H. The van der Waals surface area contributed by atoms with Crippen molar-refractivity contribution in [1.82, 2.24) is 24.1 Å². The molecule has 294 valence electrons. The van der Waals surface area contributed by atoms with Crippen LogP contribution >= 0.6 is 0 Å². The van der Waals surface area contributed by atoms with Crippen molar-refractivity contribution in [3.05, 3.63) is 213 Å². The third-order valence-corrected chi connectivity index (χ3v) is 12.4. The van der Waals surface area contributed by atoms with E-state index >= 15 is 0 Å². The van der Waals surface area contributed by atoms with E-state index in [-0.39, 0.29) is 0 Å². The third-order valence-electron chi connectivity index (χ3n) is 12.4. The van der Waals surface area contributed by atoms with E-state index < -0.39 is 0 Å². The van der Waals surface area contributed by atoms with Gasteiger partial charge in [0.05, 0.1) is 39.1 Å². The molecule has 0 fully saturated rings. The van der Waals surface area contributed by atoms with Gasteiger partial charge in [-0.1, -0.05) is 121 Å². The minimum absolute atomic E-state index is 0.834. The summed E-state index contributed by atoms with van der Waals surface area (Å²) in [4.78, 5) is 15.1. The number of benzene rings is 7. The van der Waals surface area contributed by atoms with Crippen LogP contribution in [0.4, 0.5) is 0 Å². The van der Waals surface area contributed by atoms with Crippen LogP contribution in [-0.2, 0) is 0 Å². The summed E-state index contributed by atoms with van der Waals surface area (Å²) >= 11 is 0. The van der Waals surface area contributed by atoms with Gasteiger partial charge in [0.1, 0.15) is 17.0 Å². The van der Waals surface area contributed by atoms with E-state index in [9.17, 15) is 0 Å². The lowest BCUT2D eigenvalue weighted by Crippen LogP contribution is -2.00.